The monoisotopic (exact) mass is 489 g/mol. The minimum Gasteiger partial charge on any atom is -0.497 e. The van der Waals surface area contributed by atoms with Gasteiger partial charge in [-0.15, -0.1) is 0 Å². The predicted octanol–water partition coefficient (Wildman–Crippen LogP) is 2.31. The number of carbonyl (C=O) groups is 2. The Morgan fingerprint density at radius 3 is 2.75 bits per heavy atom. The van der Waals surface area contributed by atoms with Crippen LogP contribution >= 0.6 is 0 Å². The van der Waals surface area contributed by atoms with Crippen molar-refractivity contribution in [3.63, 3.8) is 0 Å². The Bertz CT molecular complexity index is 1220. The smallest absolute Gasteiger partial charge is 0.237 e. The molecule has 3 atom stereocenters. The molecule has 2 aromatic carbocycles. The molecule has 8 nitrogen and oxygen atoms in total. The molecule has 190 valence electrons. The van der Waals surface area contributed by atoms with Crippen LogP contribution in [-0.4, -0.2) is 59.6 Å². The summed E-state index contributed by atoms with van der Waals surface area (Å²) in [5.41, 5.74) is 3.53. The Labute approximate surface area is 212 Å². The number of fused-ring (bicyclic) bond motifs is 2. The van der Waals surface area contributed by atoms with E-state index in [2.05, 4.69) is 62.9 Å². The molecule has 8 heteroatoms. The highest BCUT2D eigenvalue weighted by atomic mass is 16.5. The largest absolute Gasteiger partial charge is 0.497 e. The number of aromatic nitrogens is 1. The summed E-state index contributed by atoms with van der Waals surface area (Å²) in [6.07, 6.45) is 4.13. The lowest BCUT2D eigenvalue weighted by Crippen LogP contribution is -2.58. The zero-order valence-corrected chi connectivity index (χ0v) is 21.0. The summed E-state index contributed by atoms with van der Waals surface area (Å²) in [7, 11) is 3.71. The summed E-state index contributed by atoms with van der Waals surface area (Å²) in [5.74, 6) is 0.934. The summed E-state index contributed by atoms with van der Waals surface area (Å²) in [4.78, 5) is 27.4. The number of carbonyl (C=O) groups excluding carboxylic acids is 2. The SMILES string of the molecule is COc1ccc(CNC(=O)CC[C@@H]2CNC(=O)[C@@H]3C[C@H](NCc4cn(C)c5ccccc45)CN23)cc1. The van der Waals surface area contributed by atoms with Crippen LogP contribution in [0.15, 0.2) is 54.7 Å². The van der Waals surface area contributed by atoms with Gasteiger partial charge < -0.3 is 25.3 Å². The number of aryl methyl sites for hydroxylation is 1. The van der Waals surface area contributed by atoms with E-state index in [-0.39, 0.29) is 29.9 Å². The predicted molar refractivity (Wildman–Crippen MR) is 140 cm³/mol. The van der Waals surface area contributed by atoms with Gasteiger partial charge in [-0.05, 0) is 42.2 Å². The fourth-order valence-electron chi connectivity index (χ4n) is 5.54. The van der Waals surface area contributed by atoms with Crippen molar-refractivity contribution in [3.05, 3.63) is 65.9 Å². The van der Waals surface area contributed by atoms with Crippen molar-refractivity contribution in [3.8, 4) is 5.75 Å². The van der Waals surface area contributed by atoms with Gasteiger partial charge in [-0.2, -0.15) is 0 Å². The molecule has 0 aliphatic carbocycles. The van der Waals surface area contributed by atoms with Crippen LogP contribution in [0.4, 0.5) is 0 Å². The minimum atomic E-state index is -0.129. The molecule has 2 fully saturated rings. The van der Waals surface area contributed by atoms with Crippen LogP contribution in [-0.2, 0) is 29.7 Å². The summed E-state index contributed by atoms with van der Waals surface area (Å²) in [6.45, 7) is 2.68. The Morgan fingerprint density at radius 2 is 1.94 bits per heavy atom. The number of hydrogen-bond acceptors (Lipinski definition) is 5. The maximum atomic E-state index is 12.6. The quantitative estimate of drug-likeness (QED) is 0.430. The molecule has 0 radical (unpaired) electrons. The summed E-state index contributed by atoms with van der Waals surface area (Å²) in [6, 6.07) is 16.4. The third-order valence-corrected chi connectivity index (χ3v) is 7.54. The van der Waals surface area contributed by atoms with Gasteiger partial charge in [-0.25, -0.2) is 0 Å². The first-order valence-corrected chi connectivity index (χ1v) is 12.7. The van der Waals surface area contributed by atoms with Crippen molar-refractivity contribution >= 4 is 22.7 Å². The Balaban J connectivity index is 1.13. The average molecular weight is 490 g/mol. The van der Waals surface area contributed by atoms with Crippen LogP contribution in [0.5, 0.6) is 5.75 Å². The molecule has 0 saturated carbocycles. The van der Waals surface area contributed by atoms with Gasteiger partial charge in [0.15, 0.2) is 0 Å². The number of hydrogen-bond donors (Lipinski definition) is 3. The summed E-state index contributed by atoms with van der Waals surface area (Å²) >= 11 is 0. The van der Waals surface area contributed by atoms with Gasteiger partial charge in [0.2, 0.25) is 11.8 Å². The van der Waals surface area contributed by atoms with E-state index in [1.807, 2.05) is 24.3 Å². The fraction of sp³-hybridized carbons (Fsp3) is 0.429. The van der Waals surface area contributed by atoms with Crippen LogP contribution < -0.4 is 20.7 Å². The third kappa shape index (κ3) is 5.24. The Morgan fingerprint density at radius 1 is 1.14 bits per heavy atom. The zero-order valence-electron chi connectivity index (χ0n) is 21.0. The molecule has 5 rings (SSSR count). The Hall–Kier alpha value is -3.36. The molecule has 0 spiro atoms. The highest BCUT2D eigenvalue weighted by Crippen LogP contribution is 2.27. The first kappa shape index (κ1) is 24.3. The van der Waals surface area contributed by atoms with Gasteiger partial charge in [0, 0.05) is 68.8 Å². The van der Waals surface area contributed by atoms with E-state index >= 15 is 0 Å². The van der Waals surface area contributed by atoms with Crippen LogP contribution in [0.2, 0.25) is 0 Å². The second-order valence-electron chi connectivity index (χ2n) is 9.87. The van der Waals surface area contributed by atoms with E-state index in [4.69, 9.17) is 4.74 Å². The Kier molecular flexibility index (Phi) is 7.25. The number of nitrogens with one attached hydrogen (secondary N) is 3. The van der Waals surface area contributed by atoms with Crippen LogP contribution in [0.1, 0.15) is 30.4 Å². The zero-order chi connectivity index (χ0) is 25.1. The fourth-order valence-corrected chi connectivity index (χ4v) is 5.54. The maximum Gasteiger partial charge on any atom is 0.237 e. The van der Waals surface area contributed by atoms with Crippen molar-refractivity contribution in [1.82, 2.24) is 25.4 Å². The molecule has 3 N–H and O–H groups in total. The highest BCUT2D eigenvalue weighted by Gasteiger charge is 2.43. The molecule has 0 unspecified atom stereocenters. The normalized spacial score (nSPS) is 21.8. The van der Waals surface area contributed by atoms with Crippen molar-refractivity contribution < 1.29 is 14.3 Å². The average Bonchev–Trinajstić information content (AvgIpc) is 3.48. The summed E-state index contributed by atoms with van der Waals surface area (Å²) in [5, 5.41) is 11.0. The van der Waals surface area contributed by atoms with Crippen LogP contribution in [0.3, 0.4) is 0 Å². The summed E-state index contributed by atoms with van der Waals surface area (Å²) < 4.78 is 7.34. The lowest BCUT2D eigenvalue weighted by Gasteiger charge is -2.37. The van der Waals surface area contributed by atoms with Gasteiger partial charge >= 0.3 is 0 Å². The standard InChI is InChI=1S/C28H35N5O3/c1-32-17-20(24-5-3-4-6-25(24)32)15-29-21-13-26-28(35)31-16-22(33(26)18-21)9-12-27(34)30-14-19-7-10-23(36-2)11-8-19/h3-8,10-11,17,21-22,26,29H,9,12-16,18H2,1-2H3,(H,30,34)(H,31,35)/t21-,22+,26-/m0/s1. The number of amides is 2. The van der Waals surface area contributed by atoms with E-state index in [1.165, 1.54) is 16.5 Å². The van der Waals surface area contributed by atoms with Crippen molar-refractivity contribution in [2.45, 2.75) is 50.5 Å². The van der Waals surface area contributed by atoms with Crippen LogP contribution in [0, 0.1) is 0 Å². The molecule has 2 aliphatic rings. The number of methoxy groups -OCH3 is 1. The molecule has 2 amide bonds. The number of piperazine rings is 1. The van der Waals surface area contributed by atoms with Gasteiger partial charge in [0.25, 0.3) is 0 Å². The second kappa shape index (κ2) is 10.7. The molecular formula is C28H35N5O3. The first-order chi connectivity index (χ1) is 17.5. The second-order valence-corrected chi connectivity index (χ2v) is 9.87. The first-order valence-electron chi connectivity index (χ1n) is 12.7. The topological polar surface area (TPSA) is 87.6 Å². The van der Waals surface area contributed by atoms with Crippen molar-refractivity contribution in [1.29, 1.82) is 0 Å². The molecule has 2 saturated heterocycles. The van der Waals surface area contributed by atoms with Gasteiger partial charge in [0.1, 0.15) is 5.75 Å². The lowest BCUT2D eigenvalue weighted by molar-refractivity contribution is -0.129. The number of benzene rings is 2. The van der Waals surface area contributed by atoms with Gasteiger partial charge in [-0.3, -0.25) is 14.5 Å². The highest BCUT2D eigenvalue weighted by molar-refractivity contribution is 5.84. The van der Waals surface area contributed by atoms with Gasteiger partial charge in [-0.1, -0.05) is 30.3 Å². The number of rotatable bonds is 9. The van der Waals surface area contributed by atoms with Crippen molar-refractivity contribution in [2.75, 3.05) is 20.2 Å². The molecule has 2 aliphatic heterocycles. The maximum absolute atomic E-state index is 12.6. The molecular weight excluding hydrogens is 454 g/mol. The molecule has 0 bridgehead atoms. The number of ether oxygens (including phenoxy) is 1. The van der Waals surface area contributed by atoms with E-state index in [9.17, 15) is 9.59 Å². The van der Waals surface area contributed by atoms with E-state index in [1.54, 1.807) is 7.11 Å². The van der Waals surface area contributed by atoms with E-state index < -0.39 is 0 Å². The van der Waals surface area contributed by atoms with Crippen molar-refractivity contribution in [2.24, 2.45) is 7.05 Å². The van der Waals surface area contributed by atoms with E-state index in [0.29, 0.717) is 19.5 Å². The number of nitrogens with zero attached hydrogens (tertiary/aromatic N) is 2. The lowest BCUT2D eigenvalue weighted by atomic mass is 10.0. The molecule has 3 heterocycles. The minimum absolute atomic E-state index is 0.0316. The van der Waals surface area contributed by atoms with Gasteiger partial charge in [0.05, 0.1) is 13.2 Å². The molecule has 1 aromatic heterocycles. The number of para-hydroxylation sites is 1. The molecule has 36 heavy (non-hydrogen) atoms. The molecule has 3 aromatic rings. The van der Waals surface area contributed by atoms with E-state index in [0.717, 1.165) is 37.2 Å². The third-order valence-electron chi connectivity index (χ3n) is 7.54. The van der Waals surface area contributed by atoms with Crippen LogP contribution in [0.25, 0.3) is 10.9 Å².